The summed E-state index contributed by atoms with van der Waals surface area (Å²) in [7, 11) is 3.15. The highest BCUT2D eigenvalue weighted by Crippen LogP contribution is 2.34. The molecule has 3 rings (SSSR count). The van der Waals surface area contributed by atoms with Crippen LogP contribution < -0.4 is 19.5 Å². The average Bonchev–Trinajstić information content (AvgIpc) is 2.69. The summed E-state index contributed by atoms with van der Waals surface area (Å²) in [5, 5.41) is 2.76. The van der Waals surface area contributed by atoms with Crippen LogP contribution >= 0.6 is 0 Å². The third-order valence-electron chi connectivity index (χ3n) is 3.50. The smallest absolute Gasteiger partial charge is 0.275 e. The van der Waals surface area contributed by atoms with Crippen LogP contribution in [-0.4, -0.2) is 30.1 Å². The molecule has 0 bridgehead atoms. The summed E-state index contributed by atoms with van der Waals surface area (Å²) in [5.41, 5.74) is 0.769. The largest absolute Gasteiger partial charge is 0.497 e. The van der Waals surface area contributed by atoms with E-state index in [0.29, 0.717) is 22.9 Å². The van der Waals surface area contributed by atoms with Crippen molar-refractivity contribution in [2.75, 3.05) is 19.5 Å². The second-order valence-electron chi connectivity index (χ2n) is 5.19. The van der Waals surface area contributed by atoms with Crippen LogP contribution in [0, 0.1) is 0 Å². The highest BCUT2D eigenvalue weighted by Gasteiger charge is 2.11. The van der Waals surface area contributed by atoms with Gasteiger partial charge in [-0.25, -0.2) is 4.98 Å². The monoisotopic (exact) mass is 351 g/mol. The summed E-state index contributed by atoms with van der Waals surface area (Å²) in [6.07, 6.45) is 4.36. The second-order valence-corrected chi connectivity index (χ2v) is 5.19. The van der Waals surface area contributed by atoms with Crippen molar-refractivity contribution in [2.24, 2.45) is 0 Å². The van der Waals surface area contributed by atoms with Gasteiger partial charge in [0.05, 0.1) is 20.4 Å². The minimum absolute atomic E-state index is 0.223. The molecule has 26 heavy (non-hydrogen) atoms. The van der Waals surface area contributed by atoms with E-state index in [2.05, 4.69) is 15.3 Å². The van der Waals surface area contributed by atoms with E-state index < -0.39 is 0 Å². The fraction of sp³-hybridized carbons (Fsp3) is 0.105. The van der Waals surface area contributed by atoms with Crippen molar-refractivity contribution >= 4 is 11.6 Å². The topological polar surface area (TPSA) is 82.6 Å². The van der Waals surface area contributed by atoms with E-state index in [0.717, 1.165) is 5.75 Å². The summed E-state index contributed by atoms with van der Waals surface area (Å²) < 4.78 is 16.3. The SMILES string of the molecule is COc1ccc(Oc2cc(NC(=O)c3cnccn3)ccc2OC)cc1. The third kappa shape index (κ3) is 4.07. The Kier molecular flexibility index (Phi) is 5.28. The van der Waals surface area contributed by atoms with Crippen LogP contribution in [0.5, 0.6) is 23.0 Å². The Hall–Kier alpha value is -3.61. The molecule has 0 aliphatic heterocycles. The first-order chi connectivity index (χ1) is 12.7. The predicted molar refractivity (Wildman–Crippen MR) is 96.0 cm³/mol. The number of carbonyl (C=O) groups is 1. The number of amides is 1. The molecule has 1 N–H and O–H groups in total. The van der Waals surface area contributed by atoms with E-state index in [9.17, 15) is 4.79 Å². The Labute approximate surface area is 150 Å². The van der Waals surface area contributed by atoms with Crippen molar-refractivity contribution in [3.05, 3.63) is 66.7 Å². The number of benzene rings is 2. The molecule has 1 aromatic heterocycles. The van der Waals surface area contributed by atoms with Gasteiger partial charge in [0, 0.05) is 24.1 Å². The minimum atomic E-state index is -0.362. The van der Waals surface area contributed by atoms with Gasteiger partial charge in [-0.05, 0) is 36.4 Å². The number of carbonyl (C=O) groups excluding carboxylic acids is 1. The van der Waals surface area contributed by atoms with Crippen LogP contribution in [0.15, 0.2) is 61.1 Å². The Morgan fingerprint density at radius 2 is 1.69 bits per heavy atom. The molecule has 132 valence electrons. The lowest BCUT2D eigenvalue weighted by atomic mass is 10.2. The van der Waals surface area contributed by atoms with E-state index >= 15 is 0 Å². The average molecular weight is 351 g/mol. The van der Waals surface area contributed by atoms with Crippen molar-refractivity contribution in [1.82, 2.24) is 9.97 Å². The lowest BCUT2D eigenvalue weighted by Gasteiger charge is -2.13. The van der Waals surface area contributed by atoms with Gasteiger partial charge in [0.25, 0.3) is 5.91 Å². The predicted octanol–water partition coefficient (Wildman–Crippen LogP) is 3.54. The van der Waals surface area contributed by atoms with Gasteiger partial charge in [0.2, 0.25) is 0 Å². The molecule has 7 nitrogen and oxygen atoms in total. The maximum atomic E-state index is 12.2. The normalized spacial score (nSPS) is 10.1. The fourth-order valence-electron chi connectivity index (χ4n) is 2.22. The Bertz CT molecular complexity index is 883. The zero-order chi connectivity index (χ0) is 18.4. The van der Waals surface area contributed by atoms with Crippen LogP contribution in [0.25, 0.3) is 0 Å². The third-order valence-corrected chi connectivity index (χ3v) is 3.50. The highest BCUT2D eigenvalue weighted by atomic mass is 16.5. The number of nitrogens with one attached hydrogen (secondary N) is 1. The molecule has 0 saturated heterocycles. The summed E-state index contributed by atoms with van der Waals surface area (Å²) in [6, 6.07) is 12.3. The molecule has 0 aliphatic rings. The van der Waals surface area contributed by atoms with Gasteiger partial charge < -0.3 is 19.5 Å². The molecule has 0 radical (unpaired) electrons. The molecular formula is C19H17N3O4. The van der Waals surface area contributed by atoms with Gasteiger partial charge in [0.1, 0.15) is 17.2 Å². The zero-order valence-electron chi connectivity index (χ0n) is 14.3. The first-order valence-electron chi connectivity index (χ1n) is 7.77. The summed E-state index contributed by atoms with van der Waals surface area (Å²) >= 11 is 0. The first-order valence-corrected chi connectivity index (χ1v) is 7.77. The molecule has 0 atom stereocenters. The lowest BCUT2D eigenvalue weighted by molar-refractivity contribution is 0.102. The lowest BCUT2D eigenvalue weighted by Crippen LogP contribution is -2.13. The number of rotatable bonds is 6. The van der Waals surface area contributed by atoms with E-state index in [1.807, 2.05) is 0 Å². The van der Waals surface area contributed by atoms with Crippen molar-refractivity contribution in [2.45, 2.75) is 0 Å². The number of hydrogen-bond donors (Lipinski definition) is 1. The highest BCUT2D eigenvalue weighted by molar-refractivity contribution is 6.02. The quantitative estimate of drug-likeness (QED) is 0.731. The number of ether oxygens (including phenoxy) is 3. The molecule has 3 aromatic rings. The zero-order valence-corrected chi connectivity index (χ0v) is 14.3. The standard InChI is InChI=1S/C19H17N3O4/c1-24-14-4-6-15(7-5-14)26-18-11-13(3-8-17(18)25-2)22-19(23)16-12-20-9-10-21-16/h3-12H,1-2H3,(H,22,23). The number of aromatic nitrogens is 2. The van der Waals surface area contributed by atoms with Crippen LogP contribution in [-0.2, 0) is 0 Å². The Morgan fingerprint density at radius 3 is 2.35 bits per heavy atom. The van der Waals surface area contributed by atoms with Gasteiger partial charge in [-0.2, -0.15) is 0 Å². The van der Waals surface area contributed by atoms with Gasteiger partial charge in [-0.1, -0.05) is 0 Å². The molecular weight excluding hydrogens is 334 g/mol. The first kappa shape index (κ1) is 17.2. The molecule has 0 saturated carbocycles. The Balaban J connectivity index is 1.80. The van der Waals surface area contributed by atoms with Crippen LogP contribution in [0.4, 0.5) is 5.69 Å². The van der Waals surface area contributed by atoms with Crippen molar-refractivity contribution in [3.63, 3.8) is 0 Å². The van der Waals surface area contributed by atoms with Crippen LogP contribution in [0.2, 0.25) is 0 Å². The minimum Gasteiger partial charge on any atom is -0.497 e. The molecule has 0 aliphatic carbocycles. The fourth-order valence-corrected chi connectivity index (χ4v) is 2.22. The van der Waals surface area contributed by atoms with Crippen LogP contribution in [0.3, 0.4) is 0 Å². The van der Waals surface area contributed by atoms with Gasteiger partial charge in [-0.3, -0.25) is 9.78 Å². The summed E-state index contributed by atoms with van der Waals surface area (Å²) in [6.45, 7) is 0. The maximum absolute atomic E-state index is 12.2. The number of anilines is 1. The number of hydrogen-bond acceptors (Lipinski definition) is 6. The van der Waals surface area contributed by atoms with Gasteiger partial charge in [-0.15, -0.1) is 0 Å². The second kappa shape index (κ2) is 7.98. The number of methoxy groups -OCH3 is 2. The Morgan fingerprint density at radius 1 is 0.923 bits per heavy atom. The van der Waals surface area contributed by atoms with E-state index in [4.69, 9.17) is 14.2 Å². The van der Waals surface area contributed by atoms with Crippen molar-refractivity contribution in [1.29, 1.82) is 0 Å². The van der Waals surface area contributed by atoms with Gasteiger partial charge >= 0.3 is 0 Å². The van der Waals surface area contributed by atoms with E-state index in [1.54, 1.807) is 56.7 Å². The molecule has 0 spiro atoms. The molecule has 7 heteroatoms. The molecule has 0 fully saturated rings. The van der Waals surface area contributed by atoms with Gasteiger partial charge in [0.15, 0.2) is 11.5 Å². The molecule has 2 aromatic carbocycles. The van der Waals surface area contributed by atoms with Crippen molar-refractivity contribution in [3.8, 4) is 23.0 Å². The summed E-state index contributed by atoms with van der Waals surface area (Å²) in [5.74, 6) is 1.99. The molecule has 1 heterocycles. The maximum Gasteiger partial charge on any atom is 0.275 e. The molecule has 1 amide bonds. The van der Waals surface area contributed by atoms with Crippen molar-refractivity contribution < 1.29 is 19.0 Å². The summed E-state index contributed by atoms with van der Waals surface area (Å²) in [4.78, 5) is 20.1. The van der Waals surface area contributed by atoms with E-state index in [1.165, 1.54) is 18.6 Å². The molecule has 0 unspecified atom stereocenters. The van der Waals surface area contributed by atoms with E-state index in [-0.39, 0.29) is 11.6 Å². The number of nitrogens with zero attached hydrogens (tertiary/aromatic N) is 2. The van der Waals surface area contributed by atoms with Crippen LogP contribution in [0.1, 0.15) is 10.5 Å².